The second-order valence-electron chi connectivity index (χ2n) is 5.69. The zero-order valence-electron chi connectivity index (χ0n) is 13.0. The van der Waals surface area contributed by atoms with Gasteiger partial charge in [-0.3, -0.25) is 4.79 Å². The van der Waals surface area contributed by atoms with E-state index in [-0.39, 0.29) is 16.8 Å². The third-order valence-electron chi connectivity index (χ3n) is 4.31. The van der Waals surface area contributed by atoms with Gasteiger partial charge in [-0.2, -0.15) is 16.1 Å². The number of rotatable bonds is 4. The summed E-state index contributed by atoms with van der Waals surface area (Å²) in [7, 11) is -1.83. The lowest BCUT2D eigenvalue weighted by Gasteiger charge is -2.27. The summed E-state index contributed by atoms with van der Waals surface area (Å²) in [5.41, 5.74) is 0. The average molecular weight is 376 g/mol. The Hall–Kier alpha value is -0.610. The molecular weight excluding hydrogens is 354 g/mol. The molecule has 0 radical (unpaired) electrons. The number of amides is 1. The zero-order valence-corrected chi connectivity index (χ0v) is 15.5. The van der Waals surface area contributed by atoms with E-state index >= 15 is 0 Å². The molecule has 128 valence electrons. The fourth-order valence-corrected chi connectivity index (χ4v) is 6.83. The van der Waals surface area contributed by atoms with Crippen molar-refractivity contribution in [3.05, 3.63) is 16.3 Å². The lowest BCUT2D eigenvalue weighted by atomic mass is 10.2. The van der Waals surface area contributed by atoms with Crippen LogP contribution in [0.1, 0.15) is 16.1 Å². The number of hydrogen-bond donors (Lipinski definition) is 1. The summed E-state index contributed by atoms with van der Waals surface area (Å²) < 4.78 is 27.2. The minimum atomic E-state index is -3.58. The van der Waals surface area contributed by atoms with Crippen molar-refractivity contribution in [2.75, 3.05) is 44.7 Å². The second kappa shape index (κ2) is 7.10. The van der Waals surface area contributed by atoms with Gasteiger partial charge in [0.25, 0.3) is 5.91 Å². The Bertz CT molecular complexity index is 662. The summed E-state index contributed by atoms with van der Waals surface area (Å²) >= 11 is 2.97. The van der Waals surface area contributed by atoms with E-state index in [1.165, 1.54) is 15.6 Å². The first kappa shape index (κ1) is 17.2. The molecular formula is C14H21N3O3S3. The lowest BCUT2D eigenvalue weighted by Crippen LogP contribution is -2.40. The van der Waals surface area contributed by atoms with Crippen LogP contribution in [0.15, 0.2) is 16.3 Å². The molecule has 6 nitrogen and oxygen atoms in total. The SMILES string of the molecule is CN(C(=O)c1sccc1S(=O)(=O)N1CCSCC1)C1CCNC1. The molecule has 1 N–H and O–H groups in total. The van der Waals surface area contributed by atoms with Crippen LogP contribution in [-0.4, -0.2) is 74.3 Å². The van der Waals surface area contributed by atoms with E-state index in [1.807, 2.05) is 0 Å². The fourth-order valence-electron chi connectivity index (χ4n) is 2.88. The van der Waals surface area contributed by atoms with Gasteiger partial charge in [-0.25, -0.2) is 8.42 Å². The quantitative estimate of drug-likeness (QED) is 0.847. The van der Waals surface area contributed by atoms with Gasteiger partial charge in [-0.05, 0) is 24.4 Å². The van der Waals surface area contributed by atoms with E-state index in [9.17, 15) is 13.2 Å². The molecule has 0 aliphatic carbocycles. The van der Waals surface area contributed by atoms with E-state index in [0.29, 0.717) is 18.0 Å². The summed E-state index contributed by atoms with van der Waals surface area (Å²) in [4.78, 5) is 14.9. The van der Waals surface area contributed by atoms with E-state index < -0.39 is 10.0 Å². The smallest absolute Gasteiger partial charge is 0.265 e. The van der Waals surface area contributed by atoms with Gasteiger partial charge in [0.05, 0.1) is 0 Å². The maximum atomic E-state index is 12.9. The van der Waals surface area contributed by atoms with Crippen LogP contribution >= 0.6 is 23.1 Å². The maximum absolute atomic E-state index is 12.9. The van der Waals surface area contributed by atoms with Crippen molar-refractivity contribution in [2.45, 2.75) is 17.4 Å². The first-order chi connectivity index (χ1) is 11.0. The molecule has 1 atom stereocenters. The van der Waals surface area contributed by atoms with E-state index in [4.69, 9.17) is 0 Å². The van der Waals surface area contributed by atoms with Gasteiger partial charge in [0.15, 0.2) is 0 Å². The van der Waals surface area contributed by atoms with Crippen LogP contribution in [0.3, 0.4) is 0 Å². The Morgan fingerprint density at radius 2 is 2.13 bits per heavy atom. The minimum absolute atomic E-state index is 0.131. The lowest BCUT2D eigenvalue weighted by molar-refractivity contribution is 0.0745. The van der Waals surface area contributed by atoms with Crippen molar-refractivity contribution in [3.63, 3.8) is 0 Å². The number of carbonyl (C=O) groups excluding carboxylic acids is 1. The van der Waals surface area contributed by atoms with Crippen LogP contribution in [-0.2, 0) is 10.0 Å². The standard InChI is InChI=1S/C14H21N3O3S3/c1-16(11-2-4-15-10-11)14(18)13-12(3-7-22-13)23(19,20)17-5-8-21-9-6-17/h3,7,11,15H,2,4-6,8-10H2,1H3. The largest absolute Gasteiger partial charge is 0.337 e. The van der Waals surface area contributed by atoms with Crippen LogP contribution < -0.4 is 5.32 Å². The van der Waals surface area contributed by atoms with Crippen LogP contribution in [0.4, 0.5) is 0 Å². The molecule has 0 saturated carbocycles. The molecule has 1 unspecified atom stereocenters. The highest BCUT2D eigenvalue weighted by molar-refractivity contribution is 7.99. The first-order valence-electron chi connectivity index (χ1n) is 7.65. The Kier molecular flexibility index (Phi) is 5.32. The van der Waals surface area contributed by atoms with Gasteiger partial charge in [0.2, 0.25) is 10.0 Å². The Morgan fingerprint density at radius 1 is 1.39 bits per heavy atom. The van der Waals surface area contributed by atoms with Crippen molar-refractivity contribution < 1.29 is 13.2 Å². The van der Waals surface area contributed by atoms with Crippen LogP contribution in [0.25, 0.3) is 0 Å². The molecule has 9 heteroatoms. The number of thioether (sulfide) groups is 1. The number of nitrogens with one attached hydrogen (secondary N) is 1. The number of hydrogen-bond acceptors (Lipinski definition) is 6. The van der Waals surface area contributed by atoms with Crippen molar-refractivity contribution in [1.29, 1.82) is 0 Å². The minimum Gasteiger partial charge on any atom is -0.337 e. The Morgan fingerprint density at radius 3 is 2.78 bits per heavy atom. The second-order valence-corrected chi connectivity index (χ2v) is 9.74. The number of carbonyl (C=O) groups is 1. The molecule has 0 aromatic carbocycles. The van der Waals surface area contributed by atoms with Gasteiger partial charge in [-0.15, -0.1) is 11.3 Å². The zero-order chi connectivity index (χ0) is 16.4. The summed E-state index contributed by atoms with van der Waals surface area (Å²) in [6, 6.07) is 1.70. The molecule has 2 aliphatic rings. The highest BCUT2D eigenvalue weighted by Gasteiger charge is 2.33. The first-order valence-corrected chi connectivity index (χ1v) is 11.1. The highest BCUT2D eigenvalue weighted by Crippen LogP contribution is 2.28. The normalized spacial score (nSPS) is 23.1. The van der Waals surface area contributed by atoms with Crippen molar-refractivity contribution in [1.82, 2.24) is 14.5 Å². The summed E-state index contributed by atoms with van der Waals surface area (Å²) in [6.45, 7) is 2.68. The monoisotopic (exact) mass is 375 g/mol. The molecule has 2 fully saturated rings. The summed E-state index contributed by atoms with van der Waals surface area (Å²) in [5.74, 6) is 1.42. The average Bonchev–Trinajstić information content (AvgIpc) is 3.25. The number of likely N-dealkylation sites (N-methyl/N-ethyl adjacent to an activating group) is 1. The number of thiophene rings is 1. The molecule has 2 aliphatic heterocycles. The predicted molar refractivity (Wildman–Crippen MR) is 93.8 cm³/mol. The third kappa shape index (κ3) is 3.43. The molecule has 1 aromatic heterocycles. The number of sulfonamides is 1. The van der Waals surface area contributed by atoms with Crippen LogP contribution in [0.5, 0.6) is 0 Å². The van der Waals surface area contributed by atoms with Crippen molar-refractivity contribution in [3.8, 4) is 0 Å². The molecule has 3 rings (SSSR count). The number of nitrogens with zero attached hydrogens (tertiary/aromatic N) is 2. The molecule has 1 amide bonds. The Labute approximate surface area is 145 Å². The van der Waals surface area contributed by atoms with Gasteiger partial charge < -0.3 is 10.2 Å². The molecule has 3 heterocycles. The van der Waals surface area contributed by atoms with E-state index in [0.717, 1.165) is 31.0 Å². The van der Waals surface area contributed by atoms with Crippen molar-refractivity contribution >= 4 is 39.0 Å². The van der Waals surface area contributed by atoms with E-state index in [2.05, 4.69) is 5.32 Å². The van der Waals surface area contributed by atoms with Crippen molar-refractivity contribution in [2.24, 2.45) is 0 Å². The molecule has 23 heavy (non-hydrogen) atoms. The molecule has 2 saturated heterocycles. The Balaban J connectivity index is 1.85. The topological polar surface area (TPSA) is 69.7 Å². The third-order valence-corrected chi connectivity index (χ3v) is 8.23. The highest BCUT2D eigenvalue weighted by atomic mass is 32.2. The van der Waals surface area contributed by atoms with E-state index in [1.54, 1.807) is 35.2 Å². The van der Waals surface area contributed by atoms with Gasteiger partial charge >= 0.3 is 0 Å². The van der Waals surface area contributed by atoms with Crippen LogP contribution in [0.2, 0.25) is 0 Å². The van der Waals surface area contributed by atoms with Gasteiger partial charge in [0.1, 0.15) is 9.77 Å². The molecule has 0 bridgehead atoms. The maximum Gasteiger partial charge on any atom is 0.265 e. The molecule has 1 aromatic rings. The predicted octanol–water partition coefficient (Wildman–Crippen LogP) is 0.919. The van der Waals surface area contributed by atoms with Gasteiger partial charge in [0, 0.05) is 44.2 Å². The van der Waals surface area contributed by atoms with Crippen LogP contribution in [0, 0.1) is 0 Å². The summed E-state index contributed by atoms with van der Waals surface area (Å²) in [5, 5.41) is 4.92. The van der Waals surface area contributed by atoms with Gasteiger partial charge in [-0.1, -0.05) is 0 Å². The summed E-state index contributed by atoms with van der Waals surface area (Å²) in [6.07, 6.45) is 0.902. The fraction of sp³-hybridized carbons (Fsp3) is 0.643. The molecule has 0 spiro atoms.